The van der Waals surface area contributed by atoms with E-state index >= 15 is 0 Å². The standard InChI is InChI=1S/C9H10N2OS.ClH/c1-11-7-2-8-6(3-10)5-13-9(8)12-4-7;/h5,7,11H,2,4H2,1H3;1H. The zero-order chi connectivity index (χ0) is 9.26. The Kier molecular flexibility index (Phi) is 3.76. The molecule has 5 heteroatoms. The van der Waals surface area contributed by atoms with Gasteiger partial charge in [-0.1, -0.05) is 0 Å². The fourth-order valence-electron chi connectivity index (χ4n) is 1.44. The third-order valence-electron chi connectivity index (χ3n) is 2.25. The highest BCUT2D eigenvalue weighted by Gasteiger charge is 2.22. The average molecular weight is 231 g/mol. The molecule has 0 fully saturated rings. The van der Waals surface area contributed by atoms with E-state index in [4.69, 9.17) is 10.00 Å². The van der Waals surface area contributed by atoms with Crippen LogP contribution >= 0.6 is 23.7 Å². The molecule has 1 aliphatic rings. The van der Waals surface area contributed by atoms with Gasteiger partial charge in [-0.15, -0.1) is 23.7 Å². The van der Waals surface area contributed by atoms with Crippen LogP contribution in [0.2, 0.25) is 0 Å². The Bertz CT molecular complexity index is 358. The Morgan fingerprint density at radius 1 is 1.71 bits per heavy atom. The van der Waals surface area contributed by atoms with Crippen molar-refractivity contribution in [1.82, 2.24) is 5.32 Å². The van der Waals surface area contributed by atoms with Gasteiger partial charge in [-0.3, -0.25) is 0 Å². The minimum Gasteiger partial charge on any atom is -0.482 e. The van der Waals surface area contributed by atoms with E-state index < -0.39 is 0 Å². The zero-order valence-corrected chi connectivity index (χ0v) is 9.37. The molecule has 1 aliphatic heterocycles. The summed E-state index contributed by atoms with van der Waals surface area (Å²) in [5.74, 6) is 0. The van der Waals surface area contributed by atoms with E-state index in [0.29, 0.717) is 12.6 Å². The molecule has 76 valence electrons. The van der Waals surface area contributed by atoms with Gasteiger partial charge in [0.25, 0.3) is 0 Å². The maximum absolute atomic E-state index is 8.82. The van der Waals surface area contributed by atoms with Crippen LogP contribution in [0, 0.1) is 11.3 Å². The summed E-state index contributed by atoms with van der Waals surface area (Å²) >= 11 is 1.52. The van der Waals surface area contributed by atoms with Gasteiger partial charge in [0.1, 0.15) is 12.7 Å². The number of hydrogen-bond acceptors (Lipinski definition) is 4. The number of thiophene rings is 1. The Morgan fingerprint density at radius 3 is 3.14 bits per heavy atom. The second kappa shape index (κ2) is 4.65. The lowest BCUT2D eigenvalue weighted by molar-refractivity contribution is 0.253. The van der Waals surface area contributed by atoms with Crippen molar-refractivity contribution >= 4 is 23.7 Å². The number of halogens is 1. The number of hydrogen-bond donors (Lipinski definition) is 1. The van der Waals surface area contributed by atoms with Gasteiger partial charge >= 0.3 is 0 Å². The van der Waals surface area contributed by atoms with Crippen molar-refractivity contribution in [3.05, 3.63) is 16.5 Å². The van der Waals surface area contributed by atoms with Crippen LogP contribution in [-0.4, -0.2) is 19.7 Å². The second-order valence-corrected chi connectivity index (χ2v) is 3.87. The van der Waals surface area contributed by atoms with Gasteiger partial charge in [-0.2, -0.15) is 5.26 Å². The SMILES string of the molecule is CNC1COc2scc(C#N)c2C1.Cl. The summed E-state index contributed by atoms with van der Waals surface area (Å²) in [5, 5.41) is 14.8. The molecule has 0 amide bonds. The fourth-order valence-corrected chi connectivity index (χ4v) is 2.33. The fraction of sp³-hybridized carbons (Fsp3) is 0.444. The molecule has 0 aliphatic carbocycles. The number of fused-ring (bicyclic) bond motifs is 1. The number of nitrogens with one attached hydrogen (secondary N) is 1. The van der Waals surface area contributed by atoms with Crippen LogP contribution in [0.1, 0.15) is 11.1 Å². The molecule has 2 rings (SSSR count). The smallest absolute Gasteiger partial charge is 0.178 e. The van der Waals surface area contributed by atoms with Crippen LogP contribution in [0.5, 0.6) is 5.06 Å². The van der Waals surface area contributed by atoms with Gasteiger partial charge in [0.2, 0.25) is 0 Å². The third kappa shape index (κ3) is 1.85. The van der Waals surface area contributed by atoms with Gasteiger partial charge in [0, 0.05) is 17.0 Å². The summed E-state index contributed by atoms with van der Waals surface area (Å²) < 4.78 is 5.51. The maximum atomic E-state index is 8.82. The summed E-state index contributed by atoms with van der Waals surface area (Å²) in [4.78, 5) is 0. The van der Waals surface area contributed by atoms with Crippen molar-refractivity contribution in [3.63, 3.8) is 0 Å². The van der Waals surface area contributed by atoms with E-state index in [-0.39, 0.29) is 12.4 Å². The highest BCUT2D eigenvalue weighted by molar-refractivity contribution is 7.12. The first-order chi connectivity index (χ1) is 6.35. The minimum absolute atomic E-state index is 0. The van der Waals surface area contributed by atoms with Gasteiger partial charge < -0.3 is 10.1 Å². The predicted octanol–water partition coefficient (Wildman–Crippen LogP) is 1.56. The minimum atomic E-state index is 0. The van der Waals surface area contributed by atoms with E-state index in [1.807, 2.05) is 12.4 Å². The molecule has 1 aromatic heterocycles. The topological polar surface area (TPSA) is 45.0 Å². The molecular formula is C9H11ClN2OS. The molecule has 1 N–H and O–H groups in total. The van der Waals surface area contributed by atoms with E-state index in [0.717, 1.165) is 22.6 Å². The first kappa shape index (κ1) is 11.3. The normalized spacial score (nSPS) is 18.7. The largest absolute Gasteiger partial charge is 0.482 e. The third-order valence-corrected chi connectivity index (χ3v) is 3.18. The Hall–Kier alpha value is -0.760. The van der Waals surface area contributed by atoms with Gasteiger partial charge in [0.15, 0.2) is 5.06 Å². The lowest BCUT2D eigenvalue weighted by Crippen LogP contribution is -2.36. The van der Waals surface area contributed by atoms with E-state index in [1.165, 1.54) is 11.3 Å². The summed E-state index contributed by atoms with van der Waals surface area (Å²) in [6.45, 7) is 0.703. The first-order valence-electron chi connectivity index (χ1n) is 4.15. The van der Waals surface area contributed by atoms with Crippen molar-refractivity contribution in [2.45, 2.75) is 12.5 Å². The molecule has 14 heavy (non-hydrogen) atoms. The molecular weight excluding hydrogens is 220 g/mol. The number of nitriles is 1. The lowest BCUT2D eigenvalue weighted by Gasteiger charge is -2.22. The van der Waals surface area contributed by atoms with Gasteiger partial charge in [-0.25, -0.2) is 0 Å². The molecule has 0 bridgehead atoms. The number of rotatable bonds is 1. The summed E-state index contributed by atoms with van der Waals surface area (Å²) in [5.41, 5.74) is 1.83. The molecule has 1 atom stereocenters. The van der Waals surface area contributed by atoms with Crippen LogP contribution in [0.15, 0.2) is 5.38 Å². The van der Waals surface area contributed by atoms with Crippen molar-refractivity contribution in [3.8, 4) is 11.1 Å². The number of ether oxygens (including phenoxy) is 1. The summed E-state index contributed by atoms with van der Waals surface area (Å²) in [6, 6.07) is 2.52. The predicted molar refractivity (Wildman–Crippen MR) is 58.3 cm³/mol. The van der Waals surface area contributed by atoms with Crippen LogP contribution in [-0.2, 0) is 6.42 Å². The molecule has 0 radical (unpaired) electrons. The zero-order valence-electron chi connectivity index (χ0n) is 7.74. The molecule has 0 aromatic carbocycles. The van der Waals surface area contributed by atoms with Gasteiger partial charge in [-0.05, 0) is 13.5 Å². The highest BCUT2D eigenvalue weighted by Crippen LogP contribution is 2.34. The monoisotopic (exact) mass is 230 g/mol. The summed E-state index contributed by atoms with van der Waals surface area (Å²) in [7, 11) is 1.91. The molecule has 2 heterocycles. The van der Waals surface area contributed by atoms with Crippen molar-refractivity contribution < 1.29 is 4.74 Å². The maximum Gasteiger partial charge on any atom is 0.178 e. The second-order valence-electron chi connectivity index (χ2n) is 3.03. The number of nitrogens with zero attached hydrogens (tertiary/aromatic N) is 1. The Labute approximate surface area is 93.1 Å². The van der Waals surface area contributed by atoms with Crippen LogP contribution < -0.4 is 10.1 Å². The average Bonchev–Trinajstić information content (AvgIpc) is 2.59. The van der Waals surface area contributed by atoms with E-state index in [2.05, 4.69) is 11.4 Å². The lowest BCUT2D eigenvalue weighted by atomic mass is 10.0. The van der Waals surface area contributed by atoms with E-state index in [1.54, 1.807) is 0 Å². The van der Waals surface area contributed by atoms with Crippen molar-refractivity contribution in [2.24, 2.45) is 0 Å². The number of likely N-dealkylation sites (N-methyl/N-ethyl adjacent to an activating group) is 1. The highest BCUT2D eigenvalue weighted by atomic mass is 35.5. The van der Waals surface area contributed by atoms with Crippen molar-refractivity contribution in [2.75, 3.05) is 13.7 Å². The Morgan fingerprint density at radius 2 is 2.50 bits per heavy atom. The summed E-state index contributed by atoms with van der Waals surface area (Å²) in [6.07, 6.45) is 0.901. The molecule has 3 nitrogen and oxygen atoms in total. The molecule has 1 unspecified atom stereocenters. The van der Waals surface area contributed by atoms with Crippen LogP contribution in [0.25, 0.3) is 0 Å². The van der Waals surface area contributed by atoms with Crippen LogP contribution in [0.4, 0.5) is 0 Å². The van der Waals surface area contributed by atoms with Gasteiger partial charge in [0.05, 0.1) is 5.56 Å². The van der Waals surface area contributed by atoms with Crippen molar-refractivity contribution in [1.29, 1.82) is 5.26 Å². The molecule has 0 spiro atoms. The van der Waals surface area contributed by atoms with E-state index in [9.17, 15) is 0 Å². The molecule has 1 aromatic rings. The molecule has 0 saturated carbocycles. The quantitative estimate of drug-likeness (QED) is 0.797. The van der Waals surface area contributed by atoms with Crippen LogP contribution in [0.3, 0.4) is 0 Å². The Balaban J connectivity index is 0.000000980. The first-order valence-corrected chi connectivity index (χ1v) is 5.03. The molecule has 0 saturated heterocycles.